The van der Waals surface area contributed by atoms with E-state index in [1.165, 1.54) is 32.4 Å². The van der Waals surface area contributed by atoms with Gasteiger partial charge in [0.15, 0.2) is 0 Å². The SMILES string of the molecule is CC[C@H](C)[C@H](NS(=O)(=O)c1ccccc1F)C(O)(c1ccc(OC)cc1)c1ccc(OC)cc1. The predicted molar refractivity (Wildman–Crippen MR) is 129 cm³/mol. The van der Waals surface area contributed by atoms with Crippen molar-refractivity contribution in [2.45, 2.75) is 36.8 Å². The highest BCUT2D eigenvalue weighted by Crippen LogP contribution is 2.39. The monoisotopic (exact) mass is 487 g/mol. The highest BCUT2D eigenvalue weighted by atomic mass is 32.2. The second kappa shape index (κ2) is 10.5. The number of nitrogens with one attached hydrogen (secondary N) is 1. The molecule has 3 aromatic rings. The lowest BCUT2D eigenvalue weighted by atomic mass is 9.75. The third-order valence-electron chi connectivity index (χ3n) is 6.13. The molecule has 0 heterocycles. The standard InChI is InChI=1S/C26H30FNO5S/c1-5-18(2)25(28-34(30,31)24-9-7-6-8-23(24)27)26(29,19-10-14-21(32-3)15-11-19)20-12-16-22(33-4)17-13-20/h6-18,25,28-29H,5H2,1-4H3/t18-,25-/m0/s1. The number of benzene rings is 3. The van der Waals surface area contributed by atoms with E-state index in [1.807, 2.05) is 13.8 Å². The van der Waals surface area contributed by atoms with Gasteiger partial charge in [0.25, 0.3) is 0 Å². The fourth-order valence-electron chi connectivity index (χ4n) is 3.96. The highest BCUT2D eigenvalue weighted by Gasteiger charge is 2.45. The van der Waals surface area contributed by atoms with Gasteiger partial charge in [-0.25, -0.2) is 17.5 Å². The molecule has 0 amide bonds. The van der Waals surface area contributed by atoms with Gasteiger partial charge in [0.05, 0.1) is 20.3 Å². The summed E-state index contributed by atoms with van der Waals surface area (Å²) >= 11 is 0. The molecule has 0 aliphatic rings. The van der Waals surface area contributed by atoms with Gasteiger partial charge in [-0.15, -0.1) is 0 Å². The minimum Gasteiger partial charge on any atom is -0.497 e. The molecule has 0 aliphatic carbocycles. The van der Waals surface area contributed by atoms with Crippen molar-refractivity contribution in [1.82, 2.24) is 4.72 Å². The predicted octanol–water partition coefficient (Wildman–Crippen LogP) is 4.47. The second-order valence-corrected chi connectivity index (χ2v) is 9.82. The van der Waals surface area contributed by atoms with Crippen LogP contribution in [0.4, 0.5) is 4.39 Å². The van der Waals surface area contributed by atoms with E-state index in [4.69, 9.17) is 9.47 Å². The van der Waals surface area contributed by atoms with Crippen LogP contribution in [0, 0.1) is 11.7 Å². The molecule has 2 N–H and O–H groups in total. The summed E-state index contributed by atoms with van der Waals surface area (Å²) in [6, 6.07) is 17.7. The Hall–Kier alpha value is -2.94. The van der Waals surface area contributed by atoms with Gasteiger partial charge in [0.2, 0.25) is 10.0 Å². The van der Waals surface area contributed by atoms with Crippen LogP contribution in [0.3, 0.4) is 0 Å². The zero-order chi connectivity index (χ0) is 24.9. The van der Waals surface area contributed by atoms with Crippen molar-refractivity contribution < 1.29 is 27.4 Å². The molecule has 0 aliphatic heterocycles. The summed E-state index contributed by atoms with van der Waals surface area (Å²) in [5.74, 6) is -0.00759. The van der Waals surface area contributed by atoms with Crippen LogP contribution in [0.2, 0.25) is 0 Å². The molecule has 0 saturated heterocycles. The first-order valence-electron chi connectivity index (χ1n) is 11.0. The summed E-state index contributed by atoms with van der Waals surface area (Å²) in [5.41, 5.74) is -0.869. The van der Waals surface area contributed by atoms with Gasteiger partial charge in [-0.05, 0) is 53.4 Å². The Kier molecular flexibility index (Phi) is 7.97. The number of methoxy groups -OCH3 is 2. The number of sulfonamides is 1. The molecule has 3 rings (SSSR count). The minimum absolute atomic E-state index is 0.323. The van der Waals surface area contributed by atoms with Gasteiger partial charge >= 0.3 is 0 Å². The molecule has 0 fully saturated rings. The Bertz CT molecular complexity index is 1150. The van der Waals surface area contributed by atoms with Crippen molar-refractivity contribution in [3.05, 3.63) is 89.7 Å². The first-order valence-corrected chi connectivity index (χ1v) is 12.4. The van der Waals surface area contributed by atoms with E-state index in [9.17, 15) is 17.9 Å². The van der Waals surface area contributed by atoms with Gasteiger partial charge in [0, 0.05) is 0 Å². The molecule has 6 nitrogen and oxygen atoms in total. The van der Waals surface area contributed by atoms with E-state index in [-0.39, 0.29) is 5.92 Å². The summed E-state index contributed by atoms with van der Waals surface area (Å²) in [6.45, 7) is 3.74. The third-order valence-corrected chi connectivity index (χ3v) is 7.61. The van der Waals surface area contributed by atoms with Crippen LogP contribution in [-0.4, -0.2) is 33.8 Å². The van der Waals surface area contributed by atoms with Crippen molar-refractivity contribution in [3.8, 4) is 11.5 Å². The lowest BCUT2D eigenvalue weighted by molar-refractivity contribution is 0.0246. The Balaban J connectivity index is 2.20. The summed E-state index contributed by atoms with van der Waals surface area (Å²) in [4.78, 5) is -0.477. The number of rotatable bonds is 10. The molecule has 2 atom stereocenters. The molecule has 3 aromatic carbocycles. The van der Waals surface area contributed by atoms with E-state index in [0.29, 0.717) is 29.0 Å². The largest absolute Gasteiger partial charge is 0.497 e. The molecular weight excluding hydrogens is 457 g/mol. The molecule has 8 heteroatoms. The lowest BCUT2D eigenvalue weighted by Gasteiger charge is -2.40. The Labute approximate surface area is 200 Å². The average Bonchev–Trinajstić information content (AvgIpc) is 2.86. The Morgan fingerprint density at radius 3 is 1.79 bits per heavy atom. The molecule has 182 valence electrons. The molecular formula is C26H30FNO5S. The fourth-order valence-corrected chi connectivity index (χ4v) is 5.40. The summed E-state index contributed by atoms with van der Waals surface area (Å²) in [5, 5.41) is 12.3. The maximum atomic E-state index is 14.4. The summed E-state index contributed by atoms with van der Waals surface area (Å²) < 4.78 is 54.1. The van der Waals surface area contributed by atoms with Gasteiger partial charge in [-0.1, -0.05) is 56.7 Å². The smallest absolute Gasteiger partial charge is 0.243 e. The van der Waals surface area contributed by atoms with Crippen molar-refractivity contribution in [3.63, 3.8) is 0 Å². The van der Waals surface area contributed by atoms with Gasteiger partial charge < -0.3 is 14.6 Å². The van der Waals surface area contributed by atoms with Crippen LogP contribution in [-0.2, 0) is 15.6 Å². The van der Waals surface area contributed by atoms with Gasteiger partial charge in [-0.2, -0.15) is 0 Å². The van der Waals surface area contributed by atoms with Crippen LogP contribution in [0.25, 0.3) is 0 Å². The molecule has 34 heavy (non-hydrogen) atoms. The number of aliphatic hydroxyl groups is 1. The van der Waals surface area contributed by atoms with Crippen molar-refractivity contribution >= 4 is 10.0 Å². The fraction of sp³-hybridized carbons (Fsp3) is 0.308. The normalized spacial score (nSPS) is 13.8. The first kappa shape index (κ1) is 25.7. The van der Waals surface area contributed by atoms with Crippen LogP contribution in [0.5, 0.6) is 11.5 Å². The van der Waals surface area contributed by atoms with E-state index in [2.05, 4.69) is 4.72 Å². The topological polar surface area (TPSA) is 84.9 Å². The maximum absolute atomic E-state index is 14.4. The van der Waals surface area contributed by atoms with Crippen LogP contribution >= 0.6 is 0 Å². The second-order valence-electron chi connectivity index (χ2n) is 8.14. The molecule has 0 spiro atoms. The number of hydrogen-bond acceptors (Lipinski definition) is 5. The zero-order valence-corrected chi connectivity index (χ0v) is 20.5. The molecule has 0 saturated carbocycles. The van der Waals surface area contributed by atoms with Crippen molar-refractivity contribution in [2.75, 3.05) is 14.2 Å². The van der Waals surface area contributed by atoms with E-state index in [0.717, 1.165) is 6.07 Å². The van der Waals surface area contributed by atoms with Gasteiger partial charge in [-0.3, -0.25) is 0 Å². The van der Waals surface area contributed by atoms with Crippen LogP contribution in [0.1, 0.15) is 31.4 Å². The summed E-state index contributed by atoms with van der Waals surface area (Å²) in [7, 11) is -1.23. The highest BCUT2D eigenvalue weighted by molar-refractivity contribution is 7.89. The van der Waals surface area contributed by atoms with Crippen LogP contribution in [0.15, 0.2) is 77.7 Å². The first-order chi connectivity index (χ1) is 16.2. The van der Waals surface area contributed by atoms with Crippen molar-refractivity contribution in [2.24, 2.45) is 5.92 Å². The Morgan fingerprint density at radius 2 is 1.38 bits per heavy atom. The quantitative estimate of drug-likeness (QED) is 0.441. The van der Waals surface area contributed by atoms with Gasteiger partial charge in [0.1, 0.15) is 27.8 Å². The van der Waals surface area contributed by atoms with E-state index < -0.39 is 32.4 Å². The average molecular weight is 488 g/mol. The van der Waals surface area contributed by atoms with Crippen molar-refractivity contribution in [1.29, 1.82) is 0 Å². The summed E-state index contributed by atoms with van der Waals surface area (Å²) in [6.07, 6.45) is 0.555. The molecule has 0 unspecified atom stereocenters. The molecule has 0 bridgehead atoms. The third kappa shape index (κ3) is 5.09. The Morgan fingerprint density at radius 1 is 0.912 bits per heavy atom. The number of halogens is 1. The number of ether oxygens (including phenoxy) is 2. The lowest BCUT2D eigenvalue weighted by Crippen LogP contribution is -2.54. The maximum Gasteiger partial charge on any atom is 0.243 e. The molecule has 0 radical (unpaired) electrons. The number of hydrogen-bond donors (Lipinski definition) is 2. The minimum atomic E-state index is -4.30. The molecule has 0 aromatic heterocycles. The zero-order valence-electron chi connectivity index (χ0n) is 19.7. The van der Waals surface area contributed by atoms with E-state index in [1.54, 1.807) is 48.5 Å². The van der Waals surface area contributed by atoms with E-state index >= 15 is 0 Å². The van der Waals surface area contributed by atoms with Crippen LogP contribution < -0.4 is 14.2 Å².